The molecule has 78 valence electrons. The highest BCUT2D eigenvalue weighted by molar-refractivity contribution is 7.91. The molecule has 1 aromatic heterocycles. The van der Waals surface area contributed by atoms with Crippen molar-refractivity contribution in [3.63, 3.8) is 0 Å². The van der Waals surface area contributed by atoms with Gasteiger partial charge in [-0.1, -0.05) is 20.8 Å². The molecular weight excluding hydrogens is 198 g/mol. The predicted molar refractivity (Wildman–Crippen MR) is 55.8 cm³/mol. The van der Waals surface area contributed by atoms with Crippen LogP contribution < -0.4 is 0 Å². The zero-order chi connectivity index (χ0) is 11.0. The van der Waals surface area contributed by atoms with Gasteiger partial charge in [0.2, 0.25) is 0 Å². The molecule has 14 heavy (non-hydrogen) atoms. The van der Waals surface area contributed by atoms with E-state index in [0.29, 0.717) is 10.7 Å². The third-order valence-electron chi connectivity index (χ3n) is 1.75. The highest BCUT2D eigenvalue weighted by atomic mass is 32.2. The number of nitrogens with zero attached hydrogens (tertiary/aromatic N) is 2. The summed E-state index contributed by atoms with van der Waals surface area (Å²) in [5.41, 5.74) is -0.116. The fourth-order valence-electron chi connectivity index (χ4n) is 0.905. The van der Waals surface area contributed by atoms with Crippen molar-refractivity contribution >= 4 is 9.73 Å². The van der Waals surface area contributed by atoms with E-state index in [2.05, 4.69) is 9.97 Å². The second-order valence-corrected chi connectivity index (χ2v) is 6.49. The van der Waals surface area contributed by atoms with Gasteiger partial charge in [0.05, 0.1) is 14.6 Å². The topological polar surface area (TPSA) is 66.7 Å². The van der Waals surface area contributed by atoms with Crippen molar-refractivity contribution < 1.29 is 4.21 Å². The highest BCUT2D eigenvalue weighted by Gasteiger charge is 2.17. The molecule has 0 saturated carbocycles. The van der Waals surface area contributed by atoms with Crippen molar-refractivity contribution in [3.05, 3.63) is 18.2 Å². The molecule has 1 aromatic rings. The molecule has 1 rings (SSSR count). The van der Waals surface area contributed by atoms with Crippen LogP contribution in [0.3, 0.4) is 0 Å². The van der Waals surface area contributed by atoms with E-state index < -0.39 is 9.73 Å². The summed E-state index contributed by atoms with van der Waals surface area (Å²) in [7, 11) is -2.69. The Morgan fingerprint density at radius 3 is 2.00 bits per heavy atom. The van der Waals surface area contributed by atoms with Crippen LogP contribution in [0.15, 0.2) is 17.3 Å². The van der Waals surface area contributed by atoms with Crippen molar-refractivity contribution in [2.75, 3.05) is 6.26 Å². The fourth-order valence-corrected chi connectivity index (χ4v) is 1.41. The maximum absolute atomic E-state index is 11.3. The van der Waals surface area contributed by atoms with E-state index in [1.807, 2.05) is 20.8 Å². The molecule has 0 aliphatic heterocycles. The Kier molecular flexibility index (Phi) is 2.63. The lowest BCUT2D eigenvalue weighted by Gasteiger charge is -2.15. The first-order valence-electron chi connectivity index (χ1n) is 4.27. The summed E-state index contributed by atoms with van der Waals surface area (Å²) in [6.45, 7) is 6.02. The summed E-state index contributed by atoms with van der Waals surface area (Å²) in [6.07, 6.45) is 4.31. The molecule has 1 atom stereocenters. The molecule has 0 spiro atoms. The predicted octanol–water partition coefficient (Wildman–Crippen LogP) is 1.81. The fraction of sp³-hybridized carbons (Fsp3) is 0.556. The van der Waals surface area contributed by atoms with E-state index in [0.717, 1.165) is 0 Å². The zero-order valence-corrected chi connectivity index (χ0v) is 9.68. The van der Waals surface area contributed by atoms with Gasteiger partial charge in [0.25, 0.3) is 0 Å². The van der Waals surface area contributed by atoms with E-state index in [1.54, 1.807) is 0 Å². The molecule has 5 heteroatoms. The normalized spacial score (nSPS) is 16.3. The average molecular weight is 213 g/mol. The molecule has 0 aliphatic carbocycles. The van der Waals surface area contributed by atoms with Crippen LogP contribution in [0.4, 0.5) is 0 Å². The third-order valence-corrected chi connectivity index (χ3v) is 2.86. The second-order valence-electron chi connectivity index (χ2n) is 4.34. The van der Waals surface area contributed by atoms with Gasteiger partial charge in [-0.15, -0.1) is 0 Å². The molecule has 1 N–H and O–H groups in total. The van der Waals surface area contributed by atoms with Crippen molar-refractivity contribution in [1.29, 1.82) is 4.78 Å². The minimum absolute atomic E-state index is 0.116. The van der Waals surface area contributed by atoms with Gasteiger partial charge >= 0.3 is 0 Å². The van der Waals surface area contributed by atoms with E-state index in [4.69, 9.17) is 4.78 Å². The lowest BCUT2D eigenvalue weighted by atomic mass is 9.96. The van der Waals surface area contributed by atoms with Crippen LogP contribution in [0.2, 0.25) is 0 Å². The maximum Gasteiger partial charge on any atom is 0.133 e. The largest absolute Gasteiger partial charge is 0.249 e. The Morgan fingerprint density at radius 1 is 1.29 bits per heavy atom. The zero-order valence-electron chi connectivity index (χ0n) is 8.87. The number of rotatable bonds is 1. The number of hydrogen-bond donors (Lipinski definition) is 1. The van der Waals surface area contributed by atoms with E-state index in [-0.39, 0.29) is 5.41 Å². The minimum Gasteiger partial charge on any atom is -0.249 e. The van der Waals surface area contributed by atoms with Crippen molar-refractivity contribution in [2.24, 2.45) is 0 Å². The maximum atomic E-state index is 11.3. The van der Waals surface area contributed by atoms with Crippen molar-refractivity contribution in [2.45, 2.75) is 31.1 Å². The Morgan fingerprint density at radius 2 is 1.71 bits per heavy atom. The number of nitrogens with one attached hydrogen (secondary N) is 1. The molecule has 0 saturated heterocycles. The standard InChI is InChI=1S/C9H15N3OS/c1-9(2,3)8-11-5-7(6-12-8)14(4,10)13/h5-6,10H,1-4H3/t14-/m0/s1. The van der Waals surface area contributed by atoms with Crippen LogP contribution in [0.1, 0.15) is 26.6 Å². The molecule has 0 aromatic carbocycles. The Hall–Kier alpha value is -0.970. The molecule has 0 bridgehead atoms. The first-order chi connectivity index (χ1) is 6.21. The quantitative estimate of drug-likeness (QED) is 0.773. The first-order valence-corrected chi connectivity index (χ1v) is 6.24. The van der Waals surface area contributed by atoms with Gasteiger partial charge in [0.15, 0.2) is 0 Å². The molecule has 1 heterocycles. The smallest absolute Gasteiger partial charge is 0.133 e. The molecule has 0 aliphatic rings. The summed E-state index contributed by atoms with van der Waals surface area (Å²) in [5, 5.41) is 0. The van der Waals surface area contributed by atoms with Gasteiger partial charge in [-0.05, 0) is 0 Å². The lowest BCUT2D eigenvalue weighted by Crippen LogP contribution is -2.16. The van der Waals surface area contributed by atoms with Gasteiger partial charge in [0.1, 0.15) is 5.82 Å². The number of aromatic nitrogens is 2. The molecular formula is C9H15N3OS. The minimum atomic E-state index is -2.69. The molecule has 0 amide bonds. The van der Waals surface area contributed by atoms with E-state index >= 15 is 0 Å². The monoisotopic (exact) mass is 213 g/mol. The van der Waals surface area contributed by atoms with Crippen LogP contribution in [0, 0.1) is 4.78 Å². The van der Waals surface area contributed by atoms with Gasteiger partial charge < -0.3 is 0 Å². The van der Waals surface area contributed by atoms with Crippen LogP contribution in [0.5, 0.6) is 0 Å². The molecule has 0 unspecified atom stereocenters. The SMILES string of the molecule is CC(C)(C)c1ncc([S@@](C)(=N)=O)cn1. The van der Waals surface area contributed by atoms with Gasteiger partial charge in [0, 0.05) is 24.1 Å². The van der Waals surface area contributed by atoms with Crippen LogP contribution in [-0.2, 0) is 15.1 Å². The van der Waals surface area contributed by atoms with Crippen molar-refractivity contribution in [1.82, 2.24) is 9.97 Å². The van der Waals surface area contributed by atoms with E-state index in [9.17, 15) is 4.21 Å². The summed E-state index contributed by atoms with van der Waals surface area (Å²) in [4.78, 5) is 8.59. The summed E-state index contributed by atoms with van der Waals surface area (Å²) >= 11 is 0. The van der Waals surface area contributed by atoms with Crippen LogP contribution in [-0.4, -0.2) is 20.4 Å². The first kappa shape index (κ1) is 11.1. The second kappa shape index (κ2) is 3.31. The molecule has 0 fully saturated rings. The Labute approximate surface area is 84.8 Å². The Bertz CT molecular complexity index is 414. The van der Waals surface area contributed by atoms with Crippen LogP contribution >= 0.6 is 0 Å². The Balaban J connectivity index is 3.14. The average Bonchev–Trinajstić information content (AvgIpc) is 2.01. The molecule has 0 radical (unpaired) electrons. The summed E-state index contributed by atoms with van der Waals surface area (Å²) < 4.78 is 18.7. The lowest BCUT2D eigenvalue weighted by molar-refractivity contribution is 0.542. The third kappa shape index (κ3) is 2.51. The highest BCUT2D eigenvalue weighted by Crippen LogP contribution is 2.18. The van der Waals surface area contributed by atoms with Gasteiger partial charge in [-0.3, -0.25) is 0 Å². The summed E-state index contributed by atoms with van der Waals surface area (Å²) in [5.74, 6) is 0.699. The van der Waals surface area contributed by atoms with Crippen molar-refractivity contribution in [3.8, 4) is 0 Å². The van der Waals surface area contributed by atoms with Gasteiger partial charge in [-0.2, -0.15) is 0 Å². The number of hydrogen-bond acceptors (Lipinski definition) is 4. The van der Waals surface area contributed by atoms with Gasteiger partial charge in [-0.25, -0.2) is 19.0 Å². The van der Waals surface area contributed by atoms with E-state index in [1.165, 1.54) is 18.6 Å². The molecule has 4 nitrogen and oxygen atoms in total. The summed E-state index contributed by atoms with van der Waals surface area (Å²) in [6, 6.07) is 0. The van der Waals surface area contributed by atoms with Crippen LogP contribution in [0.25, 0.3) is 0 Å².